The van der Waals surface area contributed by atoms with Gasteiger partial charge in [-0.15, -0.1) is 11.3 Å². The molecule has 0 saturated carbocycles. The lowest BCUT2D eigenvalue weighted by molar-refractivity contribution is 0.669. The molecule has 0 unspecified atom stereocenters. The van der Waals surface area contributed by atoms with Crippen LogP contribution in [-0.2, 0) is 0 Å². The smallest absolute Gasteiger partial charge is 0.164 e. The van der Waals surface area contributed by atoms with Gasteiger partial charge in [0.05, 0.1) is 9.60 Å². The summed E-state index contributed by atoms with van der Waals surface area (Å²) in [5.74, 6) is 1.26. The third-order valence-corrected chi connectivity index (χ3v) is 10.00. The van der Waals surface area contributed by atoms with Crippen molar-refractivity contribution in [2.24, 2.45) is 0 Å². The van der Waals surface area contributed by atoms with E-state index in [-0.39, 0.29) is 51.7 Å². The second-order valence-corrected chi connectivity index (χ2v) is 12.9. The Hall–Kier alpha value is -6.43. The minimum Gasteiger partial charge on any atom is -0.456 e. The molecule has 0 atom stereocenters. The average Bonchev–Trinajstić information content (AvgIpc) is 3.84. The van der Waals surface area contributed by atoms with Crippen molar-refractivity contribution in [1.82, 2.24) is 15.0 Å². The fraction of sp³-hybridized carbons (Fsp3) is 0. The number of fused-ring (bicyclic) bond motifs is 6. The maximum absolute atomic E-state index is 9.08. The van der Waals surface area contributed by atoms with Crippen LogP contribution in [0.4, 0.5) is 0 Å². The Morgan fingerprint density at radius 2 is 1.12 bits per heavy atom. The zero-order chi connectivity index (χ0) is 39.1. The van der Waals surface area contributed by atoms with Crippen molar-refractivity contribution in [1.29, 1.82) is 0 Å². The highest BCUT2D eigenvalue weighted by Gasteiger charge is 2.18. The second-order valence-electron chi connectivity index (χ2n) is 11.9. The van der Waals surface area contributed by atoms with Crippen LogP contribution in [0.3, 0.4) is 0 Å². The van der Waals surface area contributed by atoms with E-state index in [1.54, 1.807) is 0 Å². The molecule has 0 spiro atoms. The molecule has 0 aliphatic carbocycles. The Morgan fingerprint density at radius 3 is 2.02 bits per heavy atom. The zero-order valence-corrected chi connectivity index (χ0v) is 27.0. The van der Waals surface area contributed by atoms with Gasteiger partial charge in [-0.25, -0.2) is 15.0 Å². The minimum atomic E-state index is -0.410. The molecule has 3 heterocycles. The lowest BCUT2D eigenvalue weighted by Crippen LogP contribution is -2.00. The van der Waals surface area contributed by atoms with Gasteiger partial charge in [0.15, 0.2) is 17.5 Å². The Morgan fingerprint density at radius 1 is 0.460 bits per heavy atom. The van der Waals surface area contributed by atoms with Crippen LogP contribution in [0.25, 0.3) is 98.5 Å². The number of nitrogens with zero attached hydrogens (tertiary/aromatic N) is 3. The van der Waals surface area contributed by atoms with E-state index in [1.165, 1.54) is 0 Å². The van der Waals surface area contributed by atoms with Crippen molar-refractivity contribution in [2.75, 3.05) is 0 Å². The molecule has 0 radical (unpaired) electrons. The van der Waals surface area contributed by atoms with Gasteiger partial charge in [0.25, 0.3) is 0 Å². The maximum atomic E-state index is 9.08. The first-order valence-corrected chi connectivity index (χ1v) is 16.8. The van der Waals surface area contributed by atoms with E-state index in [1.807, 2.05) is 109 Å². The molecule has 4 nitrogen and oxygen atoms in total. The molecule has 234 valence electrons. The topological polar surface area (TPSA) is 51.8 Å². The van der Waals surface area contributed by atoms with Crippen molar-refractivity contribution in [3.8, 4) is 56.4 Å². The molecule has 5 heteroatoms. The molecule has 10 aromatic rings. The lowest BCUT2D eigenvalue weighted by Gasteiger charge is -2.11. The number of benzene rings is 7. The normalized spacial score (nSPS) is 13.6. The zero-order valence-electron chi connectivity index (χ0n) is 33.2. The maximum Gasteiger partial charge on any atom is 0.164 e. The number of para-hydroxylation sites is 1. The quantitative estimate of drug-likeness (QED) is 0.184. The molecule has 10 rings (SSSR count). The second kappa shape index (κ2) is 11.6. The highest BCUT2D eigenvalue weighted by atomic mass is 32.1. The van der Waals surface area contributed by atoms with Crippen molar-refractivity contribution in [3.63, 3.8) is 0 Å². The monoisotopic (exact) mass is 664 g/mol. The van der Waals surface area contributed by atoms with Crippen LogP contribution in [0.2, 0.25) is 0 Å². The van der Waals surface area contributed by atoms with Gasteiger partial charge in [-0.05, 0) is 46.5 Å². The summed E-state index contributed by atoms with van der Waals surface area (Å²) >= 11 is 1.10. The van der Waals surface area contributed by atoms with E-state index >= 15 is 0 Å². The van der Waals surface area contributed by atoms with Gasteiger partial charge in [-0.1, -0.05) is 139 Å². The van der Waals surface area contributed by atoms with Gasteiger partial charge < -0.3 is 4.42 Å². The van der Waals surface area contributed by atoms with Gasteiger partial charge in [-0.3, -0.25) is 0 Å². The summed E-state index contributed by atoms with van der Waals surface area (Å²) in [5, 5.41) is 2.22. The predicted molar refractivity (Wildman–Crippen MR) is 207 cm³/mol. The Labute approximate surface area is 301 Å². The summed E-state index contributed by atoms with van der Waals surface area (Å²) in [6.07, 6.45) is 0. The standard InChI is InChI=1S/C45H27N3OS/c1-2-11-28(12-3-1)29-23-25-30(26-24-29)43-46-44(48-45(47-43)37-19-10-21-39-41(37)36-16-4-6-20-38(36)49-39)32-14-8-13-31(27-32)33-17-9-18-35-34-15-5-7-22-40(34)50-42(33)35/h1-27H/i5D,7D,9D,15D,17D,18D,22D. The highest BCUT2D eigenvalue weighted by molar-refractivity contribution is 7.26. The molecule has 7 aromatic carbocycles. The van der Waals surface area contributed by atoms with Gasteiger partial charge in [0, 0.05) is 47.6 Å². The molecule has 0 amide bonds. The molecule has 50 heavy (non-hydrogen) atoms. The largest absolute Gasteiger partial charge is 0.456 e. The van der Waals surface area contributed by atoms with Crippen LogP contribution < -0.4 is 0 Å². The molecule has 0 N–H and O–H groups in total. The average molecular weight is 665 g/mol. The number of hydrogen-bond donors (Lipinski definition) is 0. The summed E-state index contributed by atoms with van der Waals surface area (Å²) in [6.45, 7) is 0. The van der Waals surface area contributed by atoms with E-state index < -0.39 is 6.04 Å². The third-order valence-electron chi connectivity index (χ3n) is 8.87. The third kappa shape index (κ3) is 4.79. The van der Waals surface area contributed by atoms with Crippen LogP contribution in [0.15, 0.2) is 168 Å². The van der Waals surface area contributed by atoms with E-state index in [9.17, 15) is 0 Å². The molecule has 0 bridgehead atoms. The van der Waals surface area contributed by atoms with E-state index in [2.05, 4.69) is 12.1 Å². The summed E-state index contributed by atoms with van der Waals surface area (Å²) in [5.41, 5.74) is 6.66. The van der Waals surface area contributed by atoms with Gasteiger partial charge in [0.2, 0.25) is 0 Å². The number of rotatable bonds is 5. The molecular formula is C45H27N3OS. The molecule has 0 aliphatic heterocycles. The van der Waals surface area contributed by atoms with Crippen molar-refractivity contribution in [3.05, 3.63) is 164 Å². The SMILES string of the molecule is [2H]c1c([2H])c([2H])c2c(sc3c(-c4cccc(-c5nc(-c6ccc(-c7ccccc7)cc6)nc(-c6cccc7oc8ccccc8c67)n5)c4)c([2H])c([2H])c([2H])c32)c1[2H]. The van der Waals surface area contributed by atoms with Crippen molar-refractivity contribution in [2.45, 2.75) is 0 Å². The first-order valence-electron chi connectivity index (χ1n) is 19.5. The molecule has 0 fully saturated rings. The number of furan rings is 1. The van der Waals surface area contributed by atoms with Crippen LogP contribution >= 0.6 is 11.3 Å². The summed E-state index contributed by atoms with van der Waals surface area (Å²) in [7, 11) is 0. The Balaban J connectivity index is 1.19. The molecule has 3 aromatic heterocycles. The van der Waals surface area contributed by atoms with E-state index in [0.29, 0.717) is 44.4 Å². The number of aromatic nitrogens is 3. The molecule has 0 saturated heterocycles. The van der Waals surface area contributed by atoms with Crippen LogP contribution in [0, 0.1) is 0 Å². The van der Waals surface area contributed by atoms with Gasteiger partial charge in [0.1, 0.15) is 11.2 Å². The van der Waals surface area contributed by atoms with Crippen molar-refractivity contribution < 1.29 is 14.0 Å². The summed E-state index contributed by atoms with van der Waals surface area (Å²) in [6, 6.07) is 37.1. The number of hydrogen-bond acceptors (Lipinski definition) is 5. The minimum absolute atomic E-state index is 0.180. The lowest BCUT2D eigenvalue weighted by atomic mass is 10.0. The first kappa shape index (κ1) is 22.3. The fourth-order valence-corrected chi connectivity index (χ4v) is 7.59. The Bertz CT molecular complexity index is 3270. The fourth-order valence-electron chi connectivity index (χ4n) is 6.50. The predicted octanol–water partition coefficient (Wildman–Crippen LogP) is 12.5. The van der Waals surface area contributed by atoms with Crippen LogP contribution in [0.5, 0.6) is 0 Å². The molecule has 0 aliphatic rings. The van der Waals surface area contributed by atoms with Crippen LogP contribution in [0.1, 0.15) is 9.60 Å². The van der Waals surface area contributed by atoms with Gasteiger partial charge in [-0.2, -0.15) is 0 Å². The first-order chi connectivity index (χ1) is 27.7. The highest BCUT2D eigenvalue weighted by Crippen LogP contribution is 2.41. The van der Waals surface area contributed by atoms with E-state index in [0.717, 1.165) is 49.9 Å². The molecular weight excluding hydrogens is 631 g/mol. The Kier molecular flexibility index (Phi) is 5.17. The van der Waals surface area contributed by atoms with E-state index in [4.69, 9.17) is 29.0 Å². The number of thiophene rings is 1. The summed E-state index contributed by atoms with van der Waals surface area (Å²) in [4.78, 5) is 15.1. The van der Waals surface area contributed by atoms with Crippen LogP contribution in [-0.4, -0.2) is 15.0 Å². The summed E-state index contributed by atoms with van der Waals surface area (Å²) < 4.78 is 67.5. The van der Waals surface area contributed by atoms with Crippen molar-refractivity contribution >= 4 is 53.4 Å². The van der Waals surface area contributed by atoms with Gasteiger partial charge >= 0.3 is 0 Å².